The normalized spacial score (nSPS) is 13.7. The molecule has 0 spiro atoms. The molecule has 1 saturated carbocycles. The summed E-state index contributed by atoms with van der Waals surface area (Å²) >= 11 is 0. The van der Waals surface area contributed by atoms with Crippen LogP contribution in [0.2, 0.25) is 0 Å². The van der Waals surface area contributed by atoms with Crippen LogP contribution in [0, 0.1) is 5.92 Å². The minimum atomic E-state index is 0.130. The van der Waals surface area contributed by atoms with E-state index in [0.717, 1.165) is 32.1 Å². The van der Waals surface area contributed by atoms with Crippen LogP contribution < -0.4 is 14.2 Å². The Labute approximate surface area is 139 Å². The van der Waals surface area contributed by atoms with Gasteiger partial charge < -0.3 is 14.2 Å². The topological polar surface area (TPSA) is 44.8 Å². The van der Waals surface area contributed by atoms with E-state index in [4.69, 9.17) is 14.2 Å². The van der Waals surface area contributed by atoms with Crippen LogP contribution in [-0.2, 0) is 0 Å². The summed E-state index contributed by atoms with van der Waals surface area (Å²) in [6, 6.07) is 3.67. The van der Waals surface area contributed by atoms with E-state index in [1.165, 1.54) is 0 Å². The molecule has 4 heteroatoms. The molecule has 0 saturated heterocycles. The van der Waals surface area contributed by atoms with Gasteiger partial charge in [-0.2, -0.15) is 0 Å². The average molecular weight is 320 g/mol. The Balaban J connectivity index is 2.36. The molecule has 0 amide bonds. The van der Waals surface area contributed by atoms with Crippen LogP contribution in [0.4, 0.5) is 0 Å². The molecular weight excluding hydrogens is 292 g/mol. The molecule has 1 aliphatic rings. The molecule has 1 aromatic rings. The van der Waals surface area contributed by atoms with E-state index in [1.54, 1.807) is 0 Å². The number of hydrogen-bond donors (Lipinski definition) is 0. The van der Waals surface area contributed by atoms with Crippen LogP contribution in [0.25, 0.3) is 0 Å². The summed E-state index contributed by atoms with van der Waals surface area (Å²) in [7, 11) is 0. The Morgan fingerprint density at radius 1 is 0.913 bits per heavy atom. The van der Waals surface area contributed by atoms with Gasteiger partial charge in [0.25, 0.3) is 0 Å². The second-order valence-corrected chi connectivity index (χ2v) is 5.98. The molecule has 0 aromatic heterocycles. The van der Waals surface area contributed by atoms with E-state index in [-0.39, 0.29) is 11.7 Å². The van der Waals surface area contributed by atoms with Gasteiger partial charge in [0.1, 0.15) is 22.8 Å². The first-order valence-corrected chi connectivity index (χ1v) is 8.81. The third-order valence-electron chi connectivity index (χ3n) is 3.63. The first-order valence-electron chi connectivity index (χ1n) is 8.81. The zero-order valence-corrected chi connectivity index (χ0v) is 14.5. The molecule has 4 nitrogen and oxygen atoms in total. The van der Waals surface area contributed by atoms with E-state index in [9.17, 15) is 4.79 Å². The Bertz CT molecular complexity index is 491. The SMILES string of the molecule is CCCOc1cc(OCCC)c(C(=O)C2CC2)c(OCCC)c1. The Morgan fingerprint density at radius 3 is 1.83 bits per heavy atom. The molecule has 0 atom stereocenters. The van der Waals surface area contributed by atoms with Gasteiger partial charge >= 0.3 is 0 Å². The number of rotatable bonds is 11. The number of benzene rings is 1. The highest BCUT2D eigenvalue weighted by Gasteiger charge is 2.34. The van der Waals surface area contributed by atoms with Gasteiger partial charge in [-0.3, -0.25) is 4.79 Å². The fourth-order valence-corrected chi connectivity index (χ4v) is 2.31. The zero-order chi connectivity index (χ0) is 16.7. The Hall–Kier alpha value is -1.71. The molecule has 0 unspecified atom stereocenters. The fourth-order valence-electron chi connectivity index (χ4n) is 2.31. The zero-order valence-electron chi connectivity index (χ0n) is 14.5. The van der Waals surface area contributed by atoms with Gasteiger partial charge in [0.15, 0.2) is 5.78 Å². The predicted octanol–water partition coefficient (Wildman–Crippen LogP) is 4.65. The van der Waals surface area contributed by atoms with Crippen LogP contribution in [0.1, 0.15) is 63.2 Å². The maximum absolute atomic E-state index is 12.7. The van der Waals surface area contributed by atoms with Crippen molar-refractivity contribution in [3.05, 3.63) is 17.7 Å². The predicted molar refractivity (Wildman–Crippen MR) is 90.9 cm³/mol. The maximum Gasteiger partial charge on any atom is 0.173 e. The van der Waals surface area contributed by atoms with Crippen LogP contribution >= 0.6 is 0 Å². The lowest BCUT2D eigenvalue weighted by Crippen LogP contribution is -2.11. The number of Topliss-reactive ketones (excluding diaryl/α,β-unsaturated/α-hetero) is 1. The molecule has 23 heavy (non-hydrogen) atoms. The average Bonchev–Trinajstić information content (AvgIpc) is 3.40. The quantitative estimate of drug-likeness (QED) is 0.557. The molecule has 0 heterocycles. The van der Waals surface area contributed by atoms with Gasteiger partial charge in [-0.05, 0) is 32.1 Å². The Kier molecular flexibility index (Phi) is 6.75. The van der Waals surface area contributed by atoms with Gasteiger partial charge in [-0.15, -0.1) is 0 Å². The number of hydrogen-bond acceptors (Lipinski definition) is 4. The molecular formula is C19H28O4. The maximum atomic E-state index is 12.7. The lowest BCUT2D eigenvalue weighted by molar-refractivity contribution is 0.0959. The third kappa shape index (κ3) is 4.88. The summed E-state index contributed by atoms with van der Waals surface area (Å²) in [5.41, 5.74) is 0.596. The highest BCUT2D eigenvalue weighted by atomic mass is 16.5. The van der Waals surface area contributed by atoms with Crippen molar-refractivity contribution in [3.63, 3.8) is 0 Å². The first kappa shape index (κ1) is 17.6. The van der Waals surface area contributed by atoms with Crippen molar-refractivity contribution in [3.8, 4) is 17.2 Å². The summed E-state index contributed by atoms with van der Waals surface area (Å²) in [6.45, 7) is 7.96. The Morgan fingerprint density at radius 2 is 1.39 bits per heavy atom. The van der Waals surface area contributed by atoms with E-state index in [2.05, 4.69) is 6.92 Å². The van der Waals surface area contributed by atoms with Crippen molar-refractivity contribution in [1.82, 2.24) is 0 Å². The van der Waals surface area contributed by atoms with E-state index >= 15 is 0 Å². The highest BCUT2D eigenvalue weighted by molar-refractivity contribution is 6.04. The van der Waals surface area contributed by atoms with Crippen molar-refractivity contribution in [2.75, 3.05) is 19.8 Å². The second kappa shape index (κ2) is 8.80. The highest BCUT2D eigenvalue weighted by Crippen LogP contribution is 2.41. The van der Waals surface area contributed by atoms with Gasteiger partial charge in [0.05, 0.1) is 19.8 Å². The summed E-state index contributed by atoms with van der Waals surface area (Å²) in [4.78, 5) is 12.7. The molecule has 1 fully saturated rings. The lowest BCUT2D eigenvalue weighted by Gasteiger charge is -2.17. The second-order valence-electron chi connectivity index (χ2n) is 5.98. The van der Waals surface area contributed by atoms with E-state index < -0.39 is 0 Å². The molecule has 0 radical (unpaired) electrons. The largest absolute Gasteiger partial charge is 0.493 e. The minimum absolute atomic E-state index is 0.130. The third-order valence-corrected chi connectivity index (χ3v) is 3.63. The first-order chi connectivity index (χ1) is 11.2. The van der Waals surface area contributed by atoms with Crippen LogP contribution in [-0.4, -0.2) is 25.6 Å². The van der Waals surface area contributed by atoms with E-state index in [0.29, 0.717) is 42.6 Å². The number of ketones is 1. The molecule has 1 aliphatic carbocycles. The molecule has 2 rings (SSSR count). The van der Waals surface area contributed by atoms with Crippen LogP contribution in [0.3, 0.4) is 0 Å². The van der Waals surface area contributed by atoms with Crippen molar-refractivity contribution < 1.29 is 19.0 Å². The van der Waals surface area contributed by atoms with Gasteiger partial charge in [-0.1, -0.05) is 20.8 Å². The molecule has 128 valence electrons. The number of carbonyl (C=O) groups excluding carboxylic acids is 1. The molecule has 0 aliphatic heterocycles. The van der Waals surface area contributed by atoms with Crippen molar-refractivity contribution in [2.45, 2.75) is 52.9 Å². The van der Waals surface area contributed by atoms with Gasteiger partial charge in [-0.25, -0.2) is 0 Å². The summed E-state index contributed by atoms with van der Waals surface area (Å²) in [5.74, 6) is 2.18. The summed E-state index contributed by atoms with van der Waals surface area (Å²) in [6.07, 6.45) is 4.64. The molecule has 1 aromatic carbocycles. The van der Waals surface area contributed by atoms with Crippen molar-refractivity contribution in [1.29, 1.82) is 0 Å². The van der Waals surface area contributed by atoms with E-state index in [1.807, 2.05) is 26.0 Å². The van der Waals surface area contributed by atoms with Crippen molar-refractivity contribution in [2.24, 2.45) is 5.92 Å². The molecule has 0 bridgehead atoms. The van der Waals surface area contributed by atoms with Crippen molar-refractivity contribution >= 4 is 5.78 Å². The lowest BCUT2D eigenvalue weighted by atomic mass is 10.0. The minimum Gasteiger partial charge on any atom is -0.493 e. The molecule has 0 N–H and O–H groups in total. The summed E-state index contributed by atoms with van der Waals surface area (Å²) in [5, 5.41) is 0. The summed E-state index contributed by atoms with van der Waals surface area (Å²) < 4.78 is 17.4. The van der Waals surface area contributed by atoms with Gasteiger partial charge in [0, 0.05) is 18.1 Å². The standard InChI is InChI=1S/C19H28O4/c1-4-9-21-15-12-16(22-10-5-2)18(19(20)14-7-8-14)17(13-15)23-11-6-3/h12-14H,4-11H2,1-3H3. The fraction of sp³-hybridized carbons (Fsp3) is 0.632. The van der Waals surface area contributed by atoms with Crippen LogP contribution in [0.15, 0.2) is 12.1 Å². The van der Waals surface area contributed by atoms with Crippen LogP contribution in [0.5, 0.6) is 17.2 Å². The van der Waals surface area contributed by atoms with Gasteiger partial charge in [0.2, 0.25) is 0 Å². The smallest absolute Gasteiger partial charge is 0.173 e. The number of carbonyl (C=O) groups is 1. The number of ether oxygens (including phenoxy) is 3. The monoisotopic (exact) mass is 320 g/mol.